The molecule has 0 amide bonds. The van der Waals surface area contributed by atoms with Gasteiger partial charge in [0.15, 0.2) is 0 Å². The van der Waals surface area contributed by atoms with Crippen molar-refractivity contribution in [3.63, 3.8) is 0 Å². The van der Waals surface area contributed by atoms with Crippen LogP contribution in [-0.2, 0) is 9.31 Å². The van der Waals surface area contributed by atoms with Gasteiger partial charge in [-0.2, -0.15) is 0 Å². The molecule has 0 spiro atoms. The van der Waals surface area contributed by atoms with Gasteiger partial charge in [-0.3, -0.25) is 0 Å². The minimum atomic E-state index is -0.289. The molecule has 5 rings (SSSR count). The maximum atomic E-state index is 10.8. The largest absolute Gasteiger partial charge is 0.461 e. The minimum Gasteiger partial charge on any atom is -0.403 e. The molecule has 0 radical (unpaired) electrons. The monoisotopic (exact) mass is 514 g/mol. The first-order valence-electron chi connectivity index (χ1n) is 16.2. The van der Waals surface area contributed by atoms with E-state index in [2.05, 4.69) is 62.3 Å². The van der Waals surface area contributed by atoms with E-state index in [9.17, 15) is 5.11 Å². The third-order valence-electron chi connectivity index (χ3n) is 13.6. The van der Waals surface area contributed by atoms with Crippen molar-refractivity contribution in [1.29, 1.82) is 0 Å². The quantitative estimate of drug-likeness (QED) is 0.361. The van der Waals surface area contributed by atoms with Crippen molar-refractivity contribution in [2.24, 2.45) is 52.3 Å². The molecule has 10 atom stereocenters. The predicted molar refractivity (Wildman–Crippen MR) is 154 cm³/mol. The van der Waals surface area contributed by atoms with Gasteiger partial charge in [0.25, 0.3) is 0 Å². The summed E-state index contributed by atoms with van der Waals surface area (Å²) in [6.45, 7) is 21.4. The normalized spacial score (nSPS) is 47.4. The van der Waals surface area contributed by atoms with Crippen LogP contribution in [0.5, 0.6) is 0 Å². The van der Waals surface area contributed by atoms with E-state index in [1.807, 2.05) is 0 Å². The lowest BCUT2D eigenvalue weighted by molar-refractivity contribution is -0.132. The molecule has 5 fully saturated rings. The molecular formula is C33H59BO3. The average Bonchev–Trinajstić information content (AvgIpc) is 3.25. The van der Waals surface area contributed by atoms with Gasteiger partial charge in [-0.25, -0.2) is 0 Å². The van der Waals surface area contributed by atoms with Gasteiger partial charge in [-0.15, -0.1) is 0 Å². The Morgan fingerprint density at radius 1 is 0.757 bits per heavy atom. The van der Waals surface area contributed by atoms with Crippen LogP contribution >= 0.6 is 0 Å². The van der Waals surface area contributed by atoms with E-state index in [0.717, 1.165) is 48.3 Å². The van der Waals surface area contributed by atoms with Crippen molar-refractivity contribution in [2.75, 3.05) is 0 Å². The lowest BCUT2D eigenvalue weighted by Gasteiger charge is -2.63. The van der Waals surface area contributed by atoms with Crippen molar-refractivity contribution in [3.8, 4) is 0 Å². The summed E-state index contributed by atoms with van der Waals surface area (Å²) in [5.41, 5.74) is 0.223. The molecule has 0 bridgehead atoms. The van der Waals surface area contributed by atoms with Gasteiger partial charge in [0.1, 0.15) is 0 Å². The van der Waals surface area contributed by atoms with Gasteiger partial charge in [-0.05, 0) is 137 Å². The highest BCUT2D eigenvalue weighted by atomic mass is 16.7. The van der Waals surface area contributed by atoms with Gasteiger partial charge in [0.05, 0.1) is 17.3 Å². The van der Waals surface area contributed by atoms with Crippen LogP contribution in [0.2, 0.25) is 5.82 Å². The van der Waals surface area contributed by atoms with Crippen LogP contribution in [0.25, 0.3) is 0 Å². The van der Waals surface area contributed by atoms with Crippen LogP contribution in [0.1, 0.15) is 133 Å². The molecule has 1 N–H and O–H groups in total. The van der Waals surface area contributed by atoms with E-state index in [1.165, 1.54) is 57.8 Å². The van der Waals surface area contributed by atoms with Crippen LogP contribution in [-0.4, -0.2) is 29.5 Å². The number of hydrogen-bond donors (Lipinski definition) is 1. The highest BCUT2D eigenvalue weighted by Crippen LogP contribution is 2.71. The van der Waals surface area contributed by atoms with E-state index in [0.29, 0.717) is 22.6 Å². The Morgan fingerprint density at radius 2 is 1.38 bits per heavy atom. The third kappa shape index (κ3) is 4.69. The molecule has 0 aromatic carbocycles. The number of aliphatic hydroxyl groups is 1. The van der Waals surface area contributed by atoms with E-state index in [1.54, 1.807) is 0 Å². The first-order valence-corrected chi connectivity index (χ1v) is 16.2. The molecule has 5 aliphatic rings. The van der Waals surface area contributed by atoms with Gasteiger partial charge in [0, 0.05) is 0 Å². The lowest BCUT2D eigenvalue weighted by Crippen LogP contribution is -2.57. The SMILES string of the molecule is CC(C)CCC[C@@H](C)[C@H]1CC[C@H]2[C@@H]3C[C@H](B4OC(C)(C)C(C)(C)O4)[C@H]4C[C@H](O)CC[C@]4(C)[C@H]3CC[C@]12C. The zero-order chi connectivity index (χ0) is 27.0. The van der Waals surface area contributed by atoms with Crippen LogP contribution < -0.4 is 0 Å². The molecule has 37 heavy (non-hydrogen) atoms. The smallest absolute Gasteiger partial charge is 0.403 e. The van der Waals surface area contributed by atoms with Gasteiger partial charge in [0.2, 0.25) is 0 Å². The molecule has 4 heteroatoms. The standard InChI is InChI=1S/C33H59BO3/c1-21(2)11-10-12-22(3)25-13-14-26-24-20-29(34-36-30(4,5)31(6,7)37-34)28-19-23(35)15-17-33(28,9)27(24)16-18-32(25,26)8/h21-29,35H,10-20H2,1-9H3/t22-,23-,24+,25-,26+,27+,28-,29+,32-,33-/m1/s1. The summed E-state index contributed by atoms with van der Waals surface area (Å²) in [4.78, 5) is 0. The van der Waals surface area contributed by atoms with Gasteiger partial charge in [-0.1, -0.05) is 53.9 Å². The van der Waals surface area contributed by atoms with Crippen molar-refractivity contribution >= 4 is 7.12 Å². The molecule has 212 valence electrons. The van der Waals surface area contributed by atoms with Crippen molar-refractivity contribution in [1.82, 2.24) is 0 Å². The Bertz CT molecular complexity index is 808. The predicted octanol–water partition coefficient (Wildman–Crippen LogP) is 8.54. The molecule has 1 heterocycles. The van der Waals surface area contributed by atoms with Crippen LogP contribution in [0.4, 0.5) is 0 Å². The highest BCUT2D eigenvalue weighted by molar-refractivity contribution is 6.47. The Balaban J connectivity index is 1.41. The summed E-state index contributed by atoms with van der Waals surface area (Å²) in [5, 5.41) is 10.8. The summed E-state index contributed by atoms with van der Waals surface area (Å²) in [6, 6.07) is 0. The number of fused-ring (bicyclic) bond motifs is 5. The van der Waals surface area contributed by atoms with Gasteiger partial charge >= 0.3 is 7.12 Å². The fourth-order valence-electron chi connectivity index (χ4n) is 10.8. The van der Waals surface area contributed by atoms with Gasteiger partial charge < -0.3 is 14.4 Å². The Labute approximate surface area is 229 Å². The average molecular weight is 515 g/mol. The molecule has 0 aromatic rings. The Kier molecular flexibility index (Phi) is 7.54. The van der Waals surface area contributed by atoms with E-state index in [4.69, 9.17) is 9.31 Å². The van der Waals surface area contributed by atoms with Crippen molar-refractivity contribution in [3.05, 3.63) is 0 Å². The van der Waals surface area contributed by atoms with Crippen molar-refractivity contribution < 1.29 is 14.4 Å². The van der Waals surface area contributed by atoms with Crippen LogP contribution in [0.15, 0.2) is 0 Å². The lowest BCUT2D eigenvalue weighted by atomic mass is 9.38. The summed E-state index contributed by atoms with van der Waals surface area (Å²) < 4.78 is 13.5. The zero-order valence-corrected chi connectivity index (χ0v) is 25.8. The number of aliphatic hydroxyl groups excluding tert-OH is 1. The first kappa shape index (κ1) is 28.5. The maximum absolute atomic E-state index is 10.8. The van der Waals surface area contributed by atoms with Crippen LogP contribution in [0, 0.1) is 52.3 Å². The number of hydrogen-bond acceptors (Lipinski definition) is 3. The first-order chi connectivity index (χ1) is 17.2. The summed E-state index contributed by atoms with van der Waals surface area (Å²) in [5.74, 6) is 5.89. The third-order valence-corrected chi connectivity index (χ3v) is 13.6. The highest BCUT2D eigenvalue weighted by Gasteiger charge is 2.66. The topological polar surface area (TPSA) is 38.7 Å². The summed E-state index contributed by atoms with van der Waals surface area (Å²) in [6.07, 6.45) is 14.0. The van der Waals surface area contributed by atoms with E-state index < -0.39 is 0 Å². The second-order valence-electron chi connectivity index (χ2n) is 16.5. The number of rotatable bonds is 6. The fraction of sp³-hybridized carbons (Fsp3) is 1.00. The van der Waals surface area contributed by atoms with Crippen LogP contribution in [0.3, 0.4) is 0 Å². The molecule has 1 aliphatic heterocycles. The summed E-state index contributed by atoms with van der Waals surface area (Å²) in [7, 11) is -0.138. The molecule has 4 saturated carbocycles. The fourth-order valence-corrected chi connectivity index (χ4v) is 10.8. The molecule has 4 aliphatic carbocycles. The Hall–Kier alpha value is -0.0551. The minimum absolute atomic E-state index is 0.138. The van der Waals surface area contributed by atoms with E-state index >= 15 is 0 Å². The molecule has 0 unspecified atom stereocenters. The Morgan fingerprint density at radius 3 is 2.03 bits per heavy atom. The van der Waals surface area contributed by atoms with Crippen molar-refractivity contribution in [2.45, 2.75) is 156 Å². The molecular weight excluding hydrogens is 455 g/mol. The second-order valence-corrected chi connectivity index (χ2v) is 16.5. The molecule has 3 nitrogen and oxygen atoms in total. The maximum Gasteiger partial charge on any atom is 0.461 e. The van der Waals surface area contributed by atoms with E-state index in [-0.39, 0.29) is 24.4 Å². The molecule has 1 saturated heterocycles. The summed E-state index contributed by atoms with van der Waals surface area (Å²) >= 11 is 0. The molecule has 0 aromatic heterocycles. The second kappa shape index (κ2) is 9.79. The zero-order valence-electron chi connectivity index (χ0n) is 25.8.